The van der Waals surface area contributed by atoms with Crippen molar-refractivity contribution >= 4 is 33.5 Å². The van der Waals surface area contributed by atoms with Crippen LogP contribution < -0.4 is 5.56 Å². The van der Waals surface area contributed by atoms with Crippen LogP contribution in [0.5, 0.6) is 0 Å². The molecule has 5 heteroatoms. The van der Waals surface area contributed by atoms with E-state index in [4.69, 9.17) is 11.6 Å². The Balaban J connectivity index is 2.21. The summed E-state index contributed by atoms with van der Waals surface area (Å²) in [6, 6.07) is 9.13. The monoisotopic (exact) mass is 283 g/mol. The van der Waals surface area contributed by atoms with Gasteiger partial charge in [-0.15, -0.1) is 0 Å². The summed E-state index contributed by atoms with van der Waals surface area (Å²) in [7, 11) is 0. The molecule has 20 heavy (non-hydrogen) atoms. The molecule has 0 bridgehead atoms. The molecule has 98 valence electrons. The highest BCUT2D eigenvalue weighted by Gasteiger charge is 2.12. The van der Waals surface area contributed by atoms with Gasteiger partial charge in [-0.1, -0.05) is 11.6 Å². The van der Waals surface area contributed by atoms with E-state index < -0.39 is 0 Å². The van der Waals surface area contributed by atoms with Crippen molar-refractivity contribution < 1.29 is 0 Å². The van der Waals surface area contributed by atoms with Crippen LogP contribution in [0.3, 0.4) is 0 Å². The molecule has 4 aromatic rings. The van der Waals surface area contributed by atoms with Crippen molar-refractivity contribution in [2.24, 2.45) is 0 Å². The molecule has 0 fully saturated rings. The van der Waals surface area contributed by atoms with E-state index in [9.17, 15) is 4.79 Å². The van der Waals surface area contributed by atoms with Gasteiger partial charge in [0.15, 0.2) is 0 Å². The van der Waals surface area contributed by atoms with E-state index in [0.717, 1.165) is 33.1 Å². The van der Waals surface area contributed by atoms with Gasteiger partial charge in [0, 0.05) is 45.5 Å². The van der Waals surface area contributed by atoms with Crippen molar-refractivity contribution in [3.05, 3.63) is 58.1 Å². The number of fused-ring (bicyclic) bond motifs is 3. The van der Waals surface area contributed by atoms with E-state index in [2.05, 4.69) is 15.0 Å². The van der Waals surface area contributed by atoms with Crippen molar-refractivity contribution in [3.8, 4) is 11.1 Å². The van der Waals surface area contributed by atoms with Crippen LogP contribution in [0.4, 0.5) is 0 Å². The summed E-state index contributed by atoms with van der Waals surface area (Å²) in [5.41, 5.74) is 4.35. The highest BCUT2D eigenvalue weighted by molar-refractivity contribution is 6.31. The molecule has 0 atom stereocenters. The molecule has 1 aromatic carbocycles. The third-order valence-corrected chi connectivity index (χ3v) is 3.70. The summed E-state index contributed by atoms with van der Waals surface area (Å²) in [4.78, 5) is 21.2. The molecule has 0 aliphatic carbocycles. The van der Waals surface area contributed by atoms with Crippen molar-refractivity contribution in [1.82, 2.24) is 15.0 Å². The number of aromatic nitrogens is 3. The average molecular weight is 284 g/mol. The maximum Gasteiger partial charge on any atom is 0.249 e. The summed E-state index contributed by atoms with van der Waals surface area (Å²) in [5, 5.41) is 1.56. The van der Waals surface area contributed by atoms with E-state index in [-0.39, 0.29) is 5.56 Å². The maximum absolute atomic E-state index is 11.9. The molecule has 3 N–H and O–H groups in total. The molecule has 4 rings (SSSR count). The molecule has 0 spiro atoms. The fraction of sp³-hybridized carbons (Fsp3) is 0. The van der Waals surface area contributed by atoms with E-state index in [0.29, 0.717) is 5.02 Å². The Morgan fingerprint density at radius 1 is 1.00 bits per heavy atom. The summed E-state index contributed by atoms with van der Waals surface area (Å²) < 4.78 is 0. The molecule has 0 saturated carbocycles. The zero-order valence-corrected chi connectivity index (χ0v) is 11.1. The molecular weight excluding hydrogens is 274 g/mol. The number of hydrogen-bond acceptors (Lipinski definition) is 1. The van der Waals surface area contributed by atoms with Gasteiger partial charge in [-0.3, -0.25) is 4.79 Å². The van der Waals surface area contributed by atoms with Crippen molar-refractivity contribution in [1.29, 1.82) is 0 Å². The standard InChI is InChI=1S/C15H10ClN3O/c16-9-1-2-12-11(5-9)15-14(18-12)10(6-13(20)19-15)8-3-4-17-7-8/h1-7,17-18H,(H,19,20). The number of halogens is 1. The average Bonchev–Trinajstić information content (AvgIpc) is 3.05. The van der Waals surface area contributed by atoms with Gasteiger partial charge in [0.1, 0.15) is 0 Å². The van der Waals surface area contributed by atoms with Crippen molar-refractivity contribution in [3.63, 3.8) is 0 Å². The number of nitrogens with one attached hydrogen (secondary N) is 3. The summed E-state index contributed by atoms with van der Waals surface area (Å²) in [6.45, 7) is 0. The number of hydrogen-bond donors (Lipinski definition) is 3. The van der Waals surface area contributed by atoms with E-state index in [1.165, 1.54) is 0 Å². The Hall–Kier alpha value is -2.46. The van der Waals surface area contributed by atoms with Gasteiger partial charge in [-0.05, 0) is 24.3 Å². The Bertz CT molecular complexity index is 980. The second kappa shape index (κ2) is 4.02. The first-order valence-electron chi connectivity index (χ1n) is 6.20. The fourth-order valence-electron chi connectivity index (χ4n) is 2.58. The molecule has 0 saturated heterocycles. The summed E-state index contributed by atoms with van der Waals surface area (Å²) in [5.74, 6) is 0. The minimum atomic E-state index is -0.130. The Labute approximate surface area is 118 Å². The van der Waals surface area contributed by atoms with Gasteiger partial charge in [-0.2, -0.15) is 0 Å². The zero-order chi connectivity index (χ0) is 13.7. The van der Waals surface area contributed by atoms with Gasteiger partial charge >= 0.3 is 0 Å². The maximum atomic E-state index is 11.9. The fourth-order valence-corrected chi connectivity index (χ4v) is 2.75. The highest BCUT2D eigenvalue weighted by atomic mass is 35.5. The van der Waals surface area contributed by atoms with Crippen LogP contribution in [0.15, 0.2) is 47.5 Å². The van der Waals surface area contributed by atoms with E-state index >= 15 is 0 Å². The summed E-state index contributed by atoms with van der Waals surface area (Å²) in [6.07, 6.45) is 3.70. The molecule has 0 unspecified atom stereocenters. The molecule has 3 aromatic heterocycles. The first kappa shape index (κ1) is 11.4. The van der Waals surface area contributed by atoms with E-state index in [1.54, 1.807) is 6.07 Å². The number of aromatic amines is 3. The van der Waals surface area contributed by atoms with E-state index in [1.807, 2.05) is 36.7 Å². The minimum Gasteiger partial charge on any atom is -0.367 e. The second-order valence-electron chi connectivity index (χ2n) is 4.71. The lowest BCUT2D eigenvalue weighted by Crippen LogP contribution is -2.03. The van der Waals surface area contributed by atoms with Crippen LogP contribution in [0.2, 0.25) is 5.02 Å². The van der Waals surface area contributed by atoms with Crippen LogP contribution in [-0.4, -0.2) is 15.0 Å². The number of rotatable bonds is 1. The SMILES string of the molecule is O=c1cc(-c2cc[nH]c2)c2[nH]c3ccc(Cl)cc3c2[nH]1. The normalized spacial score (nSPS) is 11.4. The lowest BCUT2D eigenvalue weighted by Gasteiger charge is -1.99. The smallest absolute Gasteiger partial charge is 0.249 e. The van der Waals surface area contributed by atoms with Gasteiger partial charge in [0.2, 0.25) is 5.56 Å². The Kier molecular flexibility index (Phi) is 2.28. The van der Waals surface area contributed by atoms with Gasteiger partial charge < -0.3 is 15.0 Å². The minimum absolute atomic E-state index is 0.130. The zero-order valence-electron chi connectivity index (χ0n) is 10.3. The van der Waals surface area contributed by atoms with Crippen LogP contribution in [-0.2, 0) is 0 Å². The third-order valence-electron chi connectivity index (χ3n) is 3.46. The third kappa shape index (κ3) is 1.58. The largest absolute Gasteiger partial charge is 0.367 e. The van der Waals surface area contributed by atoms with Gasteiger partial charge in [0.05, 0.1) is 11.0 Å². The van der Waals surface area contributed by atoms with Crippen LogP contribution in [0.1, 0.15) is 0 Å². The quantitative estimate of drug-likeness (QED) is 0.490. The molecule has 0 aliphatic rings. The molecule has 0 amide bonds. The first-order chi connectivity index (χ1) is 9.72. The predicted octanol–water partition coefficient (Wildman–Crippen LogP) is 3.66. The van der Waals surface area contributed by atoms with Gasteiger partial charge in [-0.25, -0.2) is 0 Å². The lowest BCUT2D eigenvalue weighted by molar-refractivity contribution is 1.31. The number of benzene rings is 1. The molecule has 3 heterocycles. The van der Waals surface area contributed by atoms with Crippen LogP contribution >= 0.6 is 11.6 Å². The first-order valence-corrected chi connectivity index (χ1v) is 6.57. The molecular formula is C15H10ClN3O. The van der Waals surface area contributed by atoms with Crippen molar-refractivity contribution in [2.75, 3.05) is 0 Å². The Morgan fingerprint density at radius 2 is 1.90 bits per heavy atom. The Morgan fingerprint density at radius 3 is 2.70 bits per heavy atom. The van der Waals surface area contributed by atoms with Gasteiger partial charge in [0.25, 0.3) is 0 Å². The number of H-pyrrole nitrogens is 3. The lowest BCUT2D eigenvalue weighted by atomic mass is 10.1. The topological polar surface area (TPSA) is 64.4 Å². The van der Waals surface area contributed by atoms with Crippen LogP contribution in [0, 0.1) is 0 Å². The number of pyridine rings is 1. The van der Waals surface area contributed by atoms with Crippen molar-refractivity contribution in [2.45, 2.75) is 0 Å². The van der Waals surface area contributed by atoms with Crippen LogP contribution in [0.25, 0.3) is 33.1 Å². The highest BCUT2D eigenvalue weighted by Crippen LogP contribution is 2.31. The summed E-state index contributed by atoms with van der Waals surface area (Å²) >= 11 is 6.04. The second-order valence-corrected chi connectivity index (χ2v) is 5.15. The predicted molar refractivity (Wildman–Crippen MR) is 81.2 cm³/mol. The molecule has 4 nitrogen and oxygen atoms in total. The molecule has 0 aliphatic heterocycles. The molecule has 0 radical (unpaired) electrons.